The first kappa shape index (κ1) is 22.5. The number of sulfonamides is 1. The van der Waals surface area contributed by atoms with Crippen molar-refractivity contribution in [1.82, 2.24) is 5.32 Å². The van der Waals surface area contributed by atoms with E-state index in [9.17, 15) is 13.2 Å². The maximum absolute atomic E-state index is 12.3. The molecule has 1 N–H and O–H groups in total. The summed E-state index contributed by atoms with van der Waals surface area (Å²) in [6, 6.07) is 14.1. The smallest absolute Gasteiger partial charge is 0.232 e. The Morgan fingerprint density at radius 1 is 1.00 bits per heavy atom. The Morgan fingerprint density at radius 3 is 2.00 bits per heavy atom. The molecule has 0 aliphatic heterocycles. The van der Waals surface area contributed by atoms with Crippen LogP contribution in [-0.4, -0.2) is 41.3 Å². The summed E-state index contributed by atoms with van der Waals surface area (Å²) in [7, 11) is -0.306. The second-order valence-electron chi connectivity index (χ2n) is 6.70. The Hall–Kier alpha value is -2.74. The van der Waals surface area contributed by atoms with Gasteiger partial charge in [-0.15, -0.1) is 0 Å². The molecule has 0 aliphatic carbocycles. The van der Waals surface area contributed by atoms with E-state index in [2.05, 4.69) is 5.32 Å². The minimum absolute atomic E-state index is 0.128. The van der Waals surface area contributed by atoms with E-state index in [1.54, 1.807) is 38.5 Å². The van der Waals surface area contributed by atoms with Crippen LogP contribution in [0, 0.1) is 0 Å². The van der Waals surface area contributed by atoms with Gasteiger partial charge in [0.25, 0.3) is 0 Å². The summed E-state index contributed by atoms with van der Waals surface area (Å²) in [5, 5.41) is 2.94. The van der Waals surface area contributed by atoms with Crippen molar-refractivity contribution in [2.24, 2.45) is 0 Å². The van der Waals surface area contributed by atoms with Crippen LogP contribution in [0.3, 0.4) is 0 Å². The highest BCUT2D eigenvalue weighted by molar-refractivity contribution is 7.92. The van der Waals surface area contributed by atoms with Crippen molar-refractivity contribution in [3.8, 4) is 11.5 Å². The maximum Gasteiger partial charge on any atom is 0.232 e. The predicted octanol–water partition coefficient (Wildman–Crippen LogP) is 3.13. The summed E-state index contributed by atoms with van der Waals surface area (Å²) in [4.78, 5) is 12.3. The third-order valence-electron chi connectivity index (χ3n) is 4.52. The molecular weight excluding hydrogens is 392 g/mol. The number of rotatable bonds is 10. The van der Waals surface area contributed by atoms with Crippen molar-refractivity contribution < 1.29 is 22.7 Å². The lowest BCUT2D eigenvalue weighted by Gasteiger charge is -2.22. The molecule has 2 rings (SSSR count). The Labute approximate surface area is 172 Å². The van der Waals surface area contributed by atoms with E-state index < -0.39 is 10.0 Å². The van der Waals surface area contributed by atoms with E-state index in [0.717, 1.165) is 17.6 Å². The molecule has 0 fully saturated rings. The van der Waals surface area contributed by atoms with Crippen LogP contribution in [-0.2, 0) is 14.8 Å². The van der Waals surface area contributed by atoms with Crippen molar-refractivity contribution in [2.45, 2.75) is 25.8 Å². The number of nitrogens with one attached hydrogen (secondary N) is 1. The summed E-state index contributed by atoms with van der Waals surface area (Å²) < 4.78 is 35.9. The Bertz CT molecular complexity index is 896. The number of nitrogens with zero attached hydrogens (tertiary/aromatic N) is 1. The molecule has 0 heterocycles. The van der Waals surface area contributed by atoms with Crippen LogP contribution >= 0.6 is 0 Å². The standard InChI is InChI=1S/C21H28N2O5S/c1-16(17-7-11-19(27-2)12-8-17)22-21(24)6-5-15-23(29(4,25)26)18-9-13-20(28-3)14-10-18/h7-14,16H,5-6,15H2,1-4H3,(H,22,24)/t16-/m1/s1. The summed E-state index contributed by atoms with van der Waals surface area (Å²) in [6.07, 6.45) is 1.78. The summed E-state index contributed by atoms with van der Waals surface area (Å²) in [5.41, 5.74) is 1.51. The monoisotopic (exact) mass is 420 g/mol. The molecule has 0 saturated carbocycles. The molecule has 1 amide bonds. The van der Waals surface area contributed by atoms with E-state index >= 15 is 0 Å². The zero-order chi connectivity index (χ0) is 21.4. The lowest BCUT2D eigenvalue weighted by molar-refractivity contribution is -0.121. The van der Waals surface area contributed by atoms with Gasteiger partial charge in [0.1, 0.15) is 11.5 Å². The molecular formula is C21H28N2O5S. The van der Waals surface area contributed by atoms with Crippen molar-refractivity contribution in [3.63, 3.8) is 0 Å². The molecule has 0 aliphatic rings. The van der Waals surface area contributed by atoms with Crippen LogP contribution in [0.1, 0.15) is 31.4 Å². The van der Waals surface area contributed by atoms with Gasteiger partial charge < -0.3 is 14.8 Å². The molecule has 29 heavy (non-hydrogen) atoms. The lowest BCUT2D eigenvalue weighted by Crippen LogP contribution is -2.32. The predicted molar refractivity (Wildman–Crippen MR) is 114 cm³/mol. The number of anilines is 1. The minimum Gasteiger partial charge on any atom is -0.497 e. The Morgan fingerprint density at radius 2 is 1.52 bits per heavy atom. The quantitative estimate of drug-likeness (QED) is 0.638. The van der Waals surface area contributed by atoms with Crippen LogP contribution in [0.15, 0.2) is 48.5 Å². The SMILES string of the molecule is COc1ccc([C@@H](C)NC(=O)CCCN(c2ccc(OC)cc2)S(C)(=O)=O)cc1. The number of hydrogen-bond acceptors (Lipinski definition) is 5. The zero-order valence-electron chi connectivity index (χ0n) is 17.2. The molecule has 0 aromatic heterocycles. The number of benzene rings is 2. The second-order valence-corrected chi connectivity index (χ2v) is 8.61. The number of ether oxygens (including phenoxy) is 2. The molecule has 7 nitrogen and oxygen atoms in total. The van der Waals surface area contributed by atoms with Crippen LogP contribution in [0.5, 0.6) is 11.5 Å². The van der Waals surface area contributed by atoms with Crippen LogP contribution in [0.4, 0.5) is 5.69 Å². The van der Waals surface area contributed by atoms with Crippen LogP contribution < -0.4 is 19.1 Å². The molecule has 158 valence electrons. The first-order chi connectivity index (χ1) is 13.7. The maximum atomic E-state index is 12.3. The van der Waals surface area contributed by atoms with E-state index in [1.807, 2.05) is 31.2 Å². The molecule has 2 aromatic rings. The third-order valence-corrected chi connectivity index (χ3v) is 5.71. The van der Waals surface area contributed by atoms with Crippen LogP contribution in [0.2, 0.25) is 0 Å². The topological polar surface area (TPSA) is 84.9 Å². The Balaban J connectivity index is 1.91. The number of methoxy groups -OCH3 is 2. The van der Waals surface area contributed by atoms with Gasteiger partial charge in [0.05, 0.1) is 32.2 Å². The van der Waals surface area contributed by atoms with Crippen molar-refractivity contribution in [3.05, 3.63) is 54.1 Å². The summed E-state index contributed by atoms with van der Waals surface area (Å²) in [5.74, 6) is 1.28. The largest absolute Gasteiger partial charge is 0.497 e. The highest BCUT2D eigenvalue weighted by Gasteiger charge is 2.18. The van der Waals surface area contributed by atoms with Gasteiger partial charge in [0.2, 0.25) is 15.9 Å². The van der Waals surface area contributed by atoms with Crippen molar-refractivity contribution in [2.75, 3.05) is 31.3 Å². The van der Waals surface area contributed by atoms with E-state index in [4.69, 9.17) is 9.47 Å². The van der Waals surface area contributed by atoms with Gasteiger partial charge in [-0.1, -0.05) is 12.1 Å². The molecule has 0 unspecified atom stereocenters. The average Bonchev–Trinajstić information content (AvgIpc) is 2.70. The Kier molecular flexibility index (Phi) is 7.90. The number of amides is 1. The molecule has 2 aromatic carbocycles. The summed E-state index contributed by atoms with van der Waals surface area (Å²) >= 11 is 0. The number of hydrogen-bond donors (Lipinski definition) is 1. The molecule has 0 spiro atoms. The molecule has 0 bridgehead atoms. The first-order valence-electron chi connectivity index (χ1n) is 9.29. The normalized spacial score (nSPS) is 12.1. The fourth-order valence-electron chi connectivity index (χ4n) is 2.91. The highest BCUT2D eigenvalue weighted by atomic mass is 32.2. The van der Waals surface area contributed by atoms with Gasteiger partial charge >= 0.3 is 0 Å². The van der Waals surface area contributed by atoms with Crippen molar-refractivity contribution in [1.29, 1.82) is 0 Å². The van der Waals surface area contributed by atoms with Gasteiger partial charge in [-0.05, 0) is 55.3 Å². The van der Waals surface area contributed by atoms with Gasteiger partial charge in [-0.25, -0.2) is 8.42 Å². The average molecular weight is 421 g/mol. The molecule has 0 saturated heterocycles. The van der Waals surface area contributed by atoms with Gasteiger partial charge in [0.15, 0.2) is 0 Å². The van der Waals surface area contributed by atoms with Crippen molar-refractivity contribution >= 4 is 21.6 Å². The minimum atomic E-state index is -3.46. The summed E-state index contributed by atoms with van der Waals surface area (Å²) in [6.45, 7) is 2.12. The zero-order valence-corrected chi connectivity index (χ0v) is 18.0. The van der Waals surface area contributed by atoms with Gasteiger partial charge in [-0.3, -0.25) is 9.10 Å². The third kappa shape index (κ3) is 6.67. The molecule has 8 heteroatoms. The molecule has 0 radical (unpaired) electrons. The number of carbonyl (C=O) groups is 1. The fraction of sp³-hybridized carbons (Fsp3) is 0.381. The second kappa shape index (κ2) is 10.2. The fourth-order valence-corrected chi connectivity index (χ4v) is 3.87. The lowest BCUT2D eigenvalue weighted by atomic mass is 10.1. The highest BCUT2D eigenvalue weighted by Crippen LogP contribution is 2.22. The van der Waals surface area contributed by atoms with Crippen LogP contribution in [0.25, 0.3) is 0 Å². The van der Waals surface area contributed by atoms with E-state index in [0.29, 0.717) is 17.9 Å². The first-order valence-corrected chi connectivity index (χ1v) is 11.1. The van der Waals surface area contributed by atoms with Gasteiger partial charge in [0, 0.05) is 13.0 Å². The van der Waals surface area contributed by atoms with Gasteiger partial charge in [-0.2, -0.15) is 0 Å². The molecule has 1 atom stereocenters. The van der Waals surface area contributed by atoms with E-state index in [-0.39, 0.29) is 24.9 Å². The van der Waals surface area contributed by atoms with E-state index in [1.165, 1.54) is 4.31 Å². The number of carbonyl (C=O) groups excluding carboxylic acids is 1.